The fraction of sp³-hybridized carbons (Fsp3) is 0.188. The lowest BCUT2D eigenvalue weighted by atomic mass is 10.1. The molecular weight excluding hydrogens is 352 g/mol. The predicted molar refractivity (Wildman–Crippen MR) is 90.9 cm³/mol. The van der Waals surface area contributed by atoms with Crippen LogP contribution in [-0.2, 0) is 6.54 Å². The van der Waals surface area contributed by atoms with E-state index in [0.717, 1.165) is 17.8 Å². The number of para-hydroxylation sites is 1. The van der Waals surface area contributed by atoms with Crippen LogP contribution in [0.2, 0.25) is 5.02 Å². The highest BCUT2D eigenvalue weighted by Gasteiger charge is 2.14. The van der Waals surface area contributed by atoms with Gasteiger partial charge in [0.25, 0.3) is 5.91 Å². The number of halogens is 2. The molecule has 0 aliphatic heterocycles. The van der Waals surface area contributed by atoms with Crippen LogP contribution in [0.15, 0.2) is 46.9 Å². The fourth-order valence-corrected chi connectivity index (χ4v) is 2.57. The molecule has 2 rings (SSSR count). The second kappa shape index (κ2) is 7.07. The molecule has 3 nitrogen and oxygen atoms in total. The summed E-state index contributed by atoms with van der Waals surface area (Å²) in [6.45, 7) is 0.753. The standard InChI is InChI=1S/C16H16BrClN2O/c1-20(2)10-11-6-3-4-9-14(11)19-16(21)12-7-5-8-13(17)15(12)18/h3-9H,10H2,1-2H3,(H,19,21). The Labute approximate surface area is 138 Å². The molecule has 2 aromatic rings. The van der Waals surface area contributed by atoms with Crippen molar-refractivity contribution in [1.29, 1.82) is 0 Å². The molecule has 0 unspecified atom stereocenters. The van der Waals surface area contributed by atoms with Gasteiger partial charge in [0.15, 0.2) is 0 Å². The normalized spacial score (nSPS) is 10.7. The minimum atomic E-state index is -0.215. The molecule has 0 heterocycles. The van der Waals surface area contributed by atoms with Crippen molar-refractivity contribution in [3.8, 4) is 0 Å². The van der Waals surface area contributed by atoms with E-state index in [4.69, 9.17) is 11.6 Å². The van der Waals surface area contributed by atoms with Gasteiger partial charge in [-0.1, -0.05) is 35.9 Å². The van der Waals surface area contributed by atoms with E-state index < -0.39 is 0 Å². The quantitative estimate of drug-likeness (QED) is 0.868. The number of carbonyl (C=O) groups is 1. The number of nitrogens with zero attached hydrogens (tertiary/aromatic N) is 1. The summed E-state index contributed by atoms with van der Waals surface area (Å²) in [5.74, 6) is -0.215. The molecule has 0 aromatic heterocycles. The Morgan fingerprint density at radius 3 is 2.62 bits per heavy atom. The first-order valence-corrected chi connectivity index (χ1v) is 7.64. The van der Waals surface area contributed by atoms with Crippen molar-refractivity contribution in [3.63, 3.8) is 0 Å². The SMILES string of the molecule is CN(C)Cc1ccccc1NC(=O)c1cccc(Br)c1Cl. The van der Waals surface area contributed by atoms with Crippen molar-refractivity contribution in [2.45, 2.75) is 6.54 Å². The maximum absolute atomic E-state index is 12.4. The van der Waals surface area contributed by atoms with Crippen LogP contribution >= 0.6 is 27.5 Å². The topological polar surface area (TPSA) is 32.3 Å². The minimum Gasteiger partial charge on any atom is -0.322 e. The molecule has 0 aliphatic carbocycles. The van der Waals surface area contributed by atoms with Gasteiger partial charge in [0.2, 0.25) is 0 Å². The third kappa shape index (κ3) is 4.06. The van der Waals surface area contributed by atoms with Crippen LogP contribution in [0.25, 0.3) is 0 Å². The van der Waals surface area contributed by atoms with Crippen molar-refractivity contribution in [2.75, 3.05) is 19.4 Å². The van der Waals surface area contributed by atoms with Gasteiger partial charge in [-0.2, -0.15) is 0 Å². The average molecular weight is 368 g/mol. The maximum Gasteiger partial charge on any atom is 0.257 e. The van der Waals surface area contributed by atoms with Crippen molar-refractivity contribution in [2.24, 2.45) is 0 Å². The highest BCUT2D eigenvalue weighted by Crippen LogP contribution is 2.27. The molecule has 2 aromatic carbocycles. The van der Waals surface area contributed by atoms with E-state index >= 15 is 0 Å². The fourth-order valence-electron chi connectivity index (χ4n) is 1.99. The summed E-state index contributed by atoms with van der Waals surface area (Å²) in [4.78, 5) is 14.4. The van der Waals surface area contributed by atoms with Crippen LogP contribution in [0.4, 0.5) is 5.69 Å². The zero-order chi connectivity index (χ0) is 15.4. The third-order valence-corrected chi connectivity index (χ3v) is 4.24. The van der Waals surface area contributed by atoms with Gasteiger partial charge in [-0.05, 0) is 53.8 Å². The van der Waals surface area contributed by atoms with Crippen LogP contribution in [0.1, 0.15) is 15.9 Å². The molecule has 0 spiro atoms. The second-order valence-electron chi connectivity index (χ2n) is 4.95. The van der Waals surface area contributed by atoms with E-state index in [-0.39, 0.29) is 5.91 Å². The van der Waals surface area contributed by atoms with Gasteiger partial charge >= 0.3 is 0 Å². The molecule has 0 saturated carbocycles. The molecule has 1 amide bonds. The molecular formula is C16H16BrClN2O. The van der Waals surface area contributed by atoms with Crippen LogP contribution in [-0.4, -0.2) is 24.9 Å². The maximum atomic E-state index is 12.4. The molecule has 0 bridgehead atoms. The Hall–Kier alpha value is -1.36. The third-order valence-electron chi connectivity index (χ3n) is 2.95. The van der Waals surface area contributed by atoms with Crippen molar-refractivity contribution in [3.05, 3.63) is 63.1 Å². The number of benzene rings is 2. The van der Waals surface area contributed by atoms with E-state index in [1.165, 1.54) is 0 Å². The summed E-state index contributed by atoms with van der Waals surface area (Å²) in [7, 11) is 3.98. The minimum absolute atomic E-state index is 0.215. The van der Waals surface area contributed by atoms with Crippen molar-refractivity contribution >= 4 is 39.1 Å². The lowest BCUT2D eigenvalue weighted by Crippen LogP contribution is -2.17. The largest absolute Gasteiger partial charge is 0.322 e. The summed E-state index contributed by atoms with van der Waals surface area (Å²) in [5.41, 5.74) is 2.31. The van der Waals surface area contributed by atoms with Gasteiger partial charge in [-0.25, -0.2) is 0 Å². The lowest BCUT2D eigenvalue weighted by Gasteiger charge is -2.15. The Morgan fingerprint density at radius 2 is 1.90 bits per heavy atom. The summed E-state index contributed by atoms with van der Waals surface area (Å²) >= 11 is 9.49. The highest BCUT2D eigenvalue weighted by atomic mass is 79.9. The number of anilines is 1. The molecule has 0 aliphatic rings. The molecule has 0 saturated heterocycles. The molecule has 1 N–H and O–H groups in total. The number of hydrogen-bond acceptors (Lipinski definition) is 2. The zero-order valence-corrected chi connectivity index (χ0v) is 14.2. The number of nitrogens with one attached hydrogen (secondary N) is 1. The van der Waals surface area contributed by atoms with Crippen LogP contribution in [0.3, 0.4) is 0 Å². The summed E-state index contributed by atoms with van der Waals surface area (Å²) < 4.78 is 0.707. The first-order valence-electron chi connectivity index (χ1n) is 6.47. The molecule has 0 fully saturated rings. The van der Waals surface area contributed by atoms with Crippen LogP contribution < -0.4 is 5.32 Å². The van der Waals surface area contributed by atoms with Gasteiger partial charge in [0.1, 0.15) is 0 Å². The molecule has 21 heavy (non-hydrogen) atoms. The number of amides is 1. The van der Waals surface area contributed by atoms with Gasteiger partial charge < -0.3 is 10.2 Å². The summed E-state index contributed by atoms with van der Waals surface area (Å²) in [6, 6.07) is 13.0. The van der Waals surface area contributed by atoms with E-state index in [0.29, 0.717) is 15.1 Å². The molecule has 0 radical (unpaired) electrons. The predicted octanol–water partition coefficient (Wildman–Crippen LogP) is 4.42. The Bertz CT molecular complexity index is 658. The average Bonchev–Trinajstić information content (AvgIpc) is 2.43. The number of carbonyl (C=O) groups excluding carboxylic acids is 1. The smallest absolute Gasteiger partial charge is 0.257 e. The van der Waals surface area contributed by atoms with Gasteiger partial charge in [-0.15, -0.1) is 0 Å². The Balaban J connectivity index is 2.26. The van der Waals surface area contributed by atoms with E-state index in [1.54, 1.807) is 18.2 Å². The van der Waals surface area contributed by atoms with E-state index in [9.17, 15) is 4.79 Å². The van der Waals surface area contributed by atoms with Crippen molar-refractivity contribution < 1.29 is 4.79 Å². The van der Waals surface area contributed by atoms with Gasteiger partial charge in [0.05, 0.1) is 10.6 Å². The number of hydrogen-bond donors (Lipinski definition) is 1. The summed E-state index contributed by atoms with van der Waals surface area (Å²) in [5, 5.41) is 3.35. The first-order chi connectivity index (χ1) is 9.99. The number of rotatable bonds is 4. The first kappa shape index (κ1) is 16.0. The zero-order valence-electron chi connectivity index (χ0n) is 11.9. The highest BCUT2D eigenvalue weighted by molar-refractivity contribution is 9.10. The monoisotopic (exact) mass is 366 g/mol. The van der Waals surface area contributed by atoms with E-state index in [1.807, 2.05) is 38.4 Å². The van der Waals surface area contributed by atoms with Gasteiger partial charge in [0, 0.05) is 16.7 Å². The van der Waals surface area contributed by atoms with E-state index in [2.05, 4.69) is 26.1 Å². The van der Waals surface area contributed by atoms with Crippen LogP contribution in [0.5, 0.6) is 0 Å². The lowest BCUT2D eigenvalue weighted by molar-refractivity contribution is 0.102. The molecule has 5 heteroatoms. The Kier molecular flexibility index (Phi) is 5.39. The molecule has 0 atom stereocenters. The van der Waals surface area contributed by atoms with Gasteiger partial charge in [-0.3, -0.25) is 4.79 Å². The Morgan fingerprint density at radius 1 is 1.19 bits per heavy atom. The summed E-state index contributed by atoms with van der Waals surface area (Å²) in [6.07, 6.45) is 0. The van der Waals surface area contributed by atoms with Crippen molar-refractivity contribution in [1.82, 2.24) is 4.90 Å². The van der Waals surface area contributed by atoms with Crippen LogP contribution in [0, 0.1) is 0 Å². The molecule has 110 valence electrons. The second-order valence-corrected chi connectivity index (χ2v) is 6.18.